The Morgan fingerprint density at radius 3 is 2.75 bits per heavy atom. The van der Waals surface area contributed by atoms with Gasteiger partial charge in [-0.15, -0.1) is 0 Å². The molecule has 0 aromatic heterocycles. The number of carboxylic acids is 1. The molecule has 0 aliphatic carbocycles. The predicted molar refractivity (Wildman–Crippen MR) is 58.0 cm³/mol. The van der Waals surface area contributed by atoms with E-state index < -0.39 is 18.0 Å². The molecular formula is C11H19NO4. The Balaban J connectivity index is 2.59. The lowest BCUT2D eigenvalue weighted by atomic mass is 9.98. The normalized spacial score (nSPS) is 22.9. The van der Waals surface area contributed by atoms with Crippen LogP contribution in [0.15, 0.2) is 0 Å². The average Bonchev–Trinajstić information content (AvgIpc) is 2.30. The van der Waals surface area contributed by atoms with E-state index in [9.17, 15) is 9.59 Å². The number of carbonyl (C=O) groups is 2. The minimum Gasteiger partial charge on any atom is -0.481 e. The Morgan fingerprint density at radius 2 is 2.25 bits per heavy atom. The molecule has 92 valence electrons. The highest BCUT2D eigenvalue weighted by molar-refractivity contribution is 5.82. The van der Waals surface area contributed by atoms with Crippen LogP contribution in [-0.2, 0) is 14.3 Å². The fraction of sp³-hybridized carbons (Fsp3) is 0.818. The molecule has 1 fully saturated rings. The first-order valence-corrected chi connectivity index (χ1v) is 5.64. The van der Waals surface area contributed by atoms with Crippen molar-refractivity contribution in [2.45, 2.75) is 32.3 Å². The van der Waals surface area contributed by atoms with Gasteiger partial charge < -0.3 is 14.7 Å². The van der Waals surface area contributed by atoms with Crippen LogP contribution in [0.4, 0.5) is 0 Å². The van der Waals surface area contributed by atoms with Gasteiger partial charge in [-0.2, -0.15) is 0 Å². The Kier molecular flexibility index (Phi) is 4.73. The molecule has 1 heterocycles. The Morgan fingerprint density at radius 1 is 1.56 bits per heavy atom. The van der Waals surface area contributed by atoms with Crippen LogP contribution in [0.5, 0.6) is 0 Å². The summed E-state index contributed by atoms with van der Waals surface area (Å²) in [7, 11) is 1.50. The molecule has 5 heteroatoms. The minimum absolute atomic E-state index is 0.0871. The van der Waals surface area contributed by atoms with Crippen molar-refractivity contribution in [2.24, 2.45) is 5.92 Å². The topological polar surface area (TPSA) is 66.8 Å². The average molecular weight is 229 g/mol. The van der Waals surface area contributed by atoms with Crippen molar-refractivity contribution in [3.05, 3.63) is 0 Å². The van der Waals surface area contributed by atoms with Crippen LogP contribution in [0, 0.1) is 5.92 Å². The molecule has 0 radical (unpaired) electrons. The molecule has 0 spiro atoms. The predicted octanol–water partition coefficient (Wildman–Crippen LogP) is 0.735. The van der Waals surface area contributed by atoms with Gasteiger partial charge in [-0.05, 0) is 19.3 Å². The molecule has 0 bridgehead atoms. The monoisotopic (exact) mass is 229 g/mol. The molecule has 1 aliphatic rings. The lowest BCUT2D eigenvalue weighted by Crippen LogP contribution is -2.46. The number of aliphatic carboxylic acids is 1. The molecule has 1 N–H and O–H groups in total. The molecule has 2 unspecified atom stereocenters. The molecule has 1 amide bonds. The van der Waals surface area contributed by atoms with Gasteiger partial charge in [-0.1, -0.05) is 6.92 Å². The summed E-state index contributed by atoms with van der Waals surface area (Å²) < 4.78 is 5.07. The van der Waals surface area contributed by atoms with Crippen LogP contribution in [0.2, 0.25) is 0 Å². The van der Waals surface area contributed by atoms with Crippen molar-refractivity contribution in [1.82, 2.24) is 4.90 Å². The lowest BCUT2D eigenvalue weighted by Gasteiger charge is -2.32. The summed E-state index contributed by atoms with van der Waals surface area (Å²) in [6, 6.07) is 0. The number of piperidine rings is 1. The molecular weight excluding hydrogens is 210 g/mol. The van der Waals surface area contributed by atoms with Gasteiger partial charge in [0, 0.05) is 20.2 Å². The van der Waals surface area contributed by atoms with Crippen LogP contribution in [0.1, 0.15) is 26.2 Å². The summed E-state index contributed by atoms with van der Waals surface area (Å²) in [6.07, 6.45) is 1.59. The second-order valence-electron chi connectivity index (χ2n) is 4.09. The van der Waals surface area contributed by atoms with E-state index >= 15 is 0 Å². The van der Waals surface area contributed by atoms with Gasteiger partial charge >= 0.3 is 5.97 Å². The van der Waals surface area contributed by atoms with Crippen molar-refractivity contribution in [2.75, 3.05) is 20.2 Å². The van der Waals surface area contributed by atoms with Crippen LogP contribution < -0.4 is 0 Å². The standard InChI is InChI=1S/C11H19NO4/c1-3-9(16-2)10(13)12-6-4-5-8(7-12)11(14)15/h8-9H,3-7H2,1-2H3,(H,14,15). The molecule has 1 saturated heterocycles. The molecule has 5 nitrogen and oxygen atoms in total. The maximum atomic E-state index is 11.9. The molecule has 16 heavy (non-hydrogen) atoms. The Labute approximate surface area is 95.4 Å². The third-order valence-corrected chi connectivity index (χ3v) is 3.01. The highest BCUT2D eigenvalue weighted by Gasteiger charge is 2.30. The first-order chi connectivity index (χ1) is 7.60. The zero-order valence-corrected chi connectivity index (χ0v) is 9.81. The summed E-state index contributed by atoms with van der Waals surface area (Å²) in [5.74, 6) is -1.33. The summed E-state index contributed by atoms with van der Waals surface area (Å²) in [6.45, 7) is 2.83. The summed E-state index contributed by atoms with van der Waals surface area (Å²) >= 11 is 0. The molecule has 0 aromatic carbocycles. The summed E-state index contributed by atoms with van der Waals surface area (Å²) in [5, 5.41) is 8.92. The van der Waals surface area contributed by atoms with Crippen LogP contribution in [0.25, 0.3) is 0 Å². The van der Waals surface area contributed by atoms with E-state index in [0.717, 1.165) is 6.42 Å². The van der Waals surface area contributed by atoms with Crippen molar-refractivity contribution >= 4 is 11.9 Å². The SMILES string of the molecule is CCC(OC)C(=O)N1CCCC(C(=O)O)C1. The lowest BCUT2D eigenvalue weighted by molar-refractivity contribution is -0.149. The van der Waals surface area contributed by atoms with E-state index in [2.05, 4.69) is 0 Å². The maximum absolute atomic E-state index is 11.9. The van der Waals surface area contributed by atoms with Gasteiger partial charge in [0.2, 0.25) is 0 Å². The third kappa shape index (κ3) is 2.95. The van der Waals surface area contributed by atoms with Crippen molar-refractivity contribution in [3.8, 4) is 0 Å². The van der Waals surface area contributed by atoms with Gasteiger partial charge in [0.1, 0.15) is 6.10 Å². The second kappa shape index (κ2) is 5.84. The van der Waals surface area contributed by atoms with Crippen molar-refractivity contribution < 1.29 is 19.4 Å². The van der Waals surface area contributed by atoms with Gasteiger partial charge in [-0.3, -0.25) is 9.59 Å². The second-order valence-corrected chi connectivity index (χ2v) is 4.09. The Hall–Kier alpha value is -1.10. The zero-order chi connectivity index (χ0) is 12.1. The minimum atomic E-state index is -0.817. The first-order valence-electron chi connectivity index (χ1n) is 5.64. The number of carbonyl (C=O) groups excluding carboxylic acids is 1. The zero-order valence-electron chi connectivity index (χ0n) is 9.81. The number of hydrogen-bond donors (Lipinski definition) is 1. The number of ether oxygens (including phenoxy) is 1. The number of likely N-dealkylation sites (tertiary alicyclic amines) is 1. The van der Waals surface area contributed by atoms with Crippen LogP contribution in [0.3, 0.4) is 0 Å². The Bertz CT molecular complexity index is 263. The van der Waals surface area contributed by atoms with E-state index in [-0.39, 0.29) is 5.91 Å². The number of carboxylic acid groups (broad SMARTS) is 1. The largest absolute Gasteiger partial charge is 0.481 e. The molecule has 0 saturated carbocycles. The highest BCUT2D eigenvalue weighted by Crippen LogP contribution is 2.18. The van der Waals surface area contributed by atoms with Gasteiger partial charge in [0.15, 0.2) is 0 Å². The molecule has 0 aromatic rings. The van der Waals surface area contributed by atoms with Crippen molar-refractivity contribution in [3.63, 3.8) is 0 Å². The number of methoxy groups -OCH3 is 1. The maximum Gasteiger partial charge on any atom is 0.308 e. The van der Waals surface area contributed by atoms with Gasteiger partial charge in [0.25, 0.3) is 5.91 Å². The molecule has 2 atom stereocenters. The third-order valence-electron chi connectivity index (χ3n) is 3.01. The first kappa shape index (κ1) is 13.0. The number of rotatable bonds is 4. The number of hydrogen-bond acceptors (Lipinski definition) is 3. The summed E-state index contributed by atoms with van der Waals surface area (Å²) in [5.41, 5.74) is 0. The van der Waals surface area contributed by atoms with E-state index in [1.54, 1.807) is 4.90 Å². The van der Waals surface area contributed by atoms with Gasteiger partial charge in [-0.25, -0.2) is 0 Å². The quantitative estimate of drug-likeness (QED) is 0.772. The van der Waals surface area contributed by atoms with E-state index in [4.69, 9.17) is 9.84 Å². The number of nitrogens with zero attached hydrogens (tertiary/aromatic N) is 1. The number of amides is 1. The smallest absolute Gasteiger partial charge is 0.308 e. The van der Waals surface area contributed by atoms with Crippen LogP contribution >= 0.6 is 0 Å². The van der Waals surface area contributed by atoms with Gasteiger partial charge in [0.05, 0.1) is 5.92 Å². The highest BCUT2D eigenvalue weighted by atomic mass is 16.5. The summed E-state index contributed by atoms with van der Waals surface area (Å²) in [4.78, 5) is 24.4. The van der Waals surface area contributed by atoms with E-state index in [1.165, 1.54) is 7.11 Å². The van der Waals surface area contributed by atoms with E-state index in [0.29, 0.717) is 25.9 Å². The van der Waals surface area contributed by atoms with Crippen LogP contribution in [-0.4, -0.2) is 48.2 Å². The fourth-order valence-corrected chi connectivity index (χ4v) is 2.02. The van der Waals surface area contributed by atoms with Crippen molar-refractivity contribution in [1.29, 1.82) is 0 Å². The fourth-order valence-electron chi connectivity index (χ4n) is 2.02. The molecule has 1 aliphatic heterocycles. The molecule has 1 rings (SSSR count). The van der Waals surface area contributed by atoms with E-state index in [1.807, 2.05) is 6.92 Å².